The Morgan fingerprint density at radius 2 is 1.67 bits per heavy atom. The maximum atomic E-state index is 13.5. The van der Waals surface area contributed by atoms with Crippen LogP contribution >= 0.6 is 24.0 Å². The van der Waals surface area contributed by atoms with Crippen molar-refractivity contribution in [1.82, 2.24) is 9.47 Å². The number of thiocarbonyl (C=S) groups is 1. The third kappa shape index (κ3) is 6.23. The Morgan fingerprint density at radius 1 is 0.974 bits per heavy atom. The molecule has 2 fully saturated rings. The van der Waals surface area contributed by atoms with E-state index in [4.69, 9.17) is 12.2 Å². The molecule has 3 heterocycles. The summed E-state index contributed by atoms with van der Waals surface area (Å²) >= 11 is 6.89. The van der Waals surface area contributed by atoms with Crippen molar-refractivity contribution in [3.05, 3.63) is 62.3 Å². The lowest BCUT2D eigenvalue weighted by Gasteiger charge is -2.39. The molecular weight excluding hydrogens is 526 g/mol. The van der Waals surface area contributed by atoms with E-state index >= 15 is 0 Å². The number of unbranched alkanes of at least 4 members (excludes halogenated alkanes) is 3. The van der Waals surface area contributed by atoms with Gasteiger partial charge in [-0.2, -0.15) is 5.26 Å². The molecular formula is C30H37N5O2S2. The standard InChI is InChI=1S/C30H37N5O2S2/c1-4-6-7-11-15-35-29(37)26(39-30(35)38)20-24-22(3)25(21-31)28(36)34(14-5-2)27(24)33-18-16-32(17-19-33)23-12-9-8-10-13-23/h8-10,12-13,20H,4-7,11,14-19H2,1-3H3/b26-20+. The lowest BCUT2D eigenvalue weighted by molar-refractivity contribution is -0.122. The van der Waals surface area contributed by atoms with Crippen LogP contribution in [0.1, 0.15) is 62.6 Å². The first-order valence-corrected chi connectivity index (χ1v) is 15.1. The fourth-order valence-electron chi connectivity index (χ4n) is 5.25. The molecule has 0 saturated carbocycles. The largest absolute Gasteiger partial charge is 0.368 e. The van der Waals surface area contributed by atoms with Gasteiger partial charge in [0.2, 0.25) is 0 Å². The number of para-hydroxylation sites is 1. The highest BCUT2D eigenvalue weighted by Crippen LogP contribution is 2.36. The molecule has 1 aromatic carbocycles. The van der Waals surface area contributed by atoms with Gasteiger partial charge in [-0.3, -0.25) is 19.1 Å². The number of pyridine rings is 1. The minimum atomic E-state index is -0.266. The summed E-state index contributed by atoms with van der Waals surface area (Å²) in [5.41, 5.74) is 2.43. The number of carbonyl (C=O) groups is 1. The van der Waals surface area contributed by atoms with Crippen LogP contribution in [0.2, 0.25) is 0 Å². The average molecular weight is 564 g/mol. The molecule has 1 amide bonds. The van der Waals surface area contributed by atoms with E-state index in [1.54, 1.807) is 9.47 Å². The van der Waals surface area contributed by atoms with Crippen LogP contribution in [0.15, 0.2) is 40.0 Å². The number of rotatable bonds is 10. The molecule has 0 N–H and O–H groups in total. The van der Waals surface area contributed by atoms with E-state index < -0.39 is 0 Å². The summed E-state index contributed by atoms with van der Waals surface area (Å²) < 4.78 is 2.31. The number of nitriles is 1. The Labute approximate surface area is 241 Å². The molecule has 0 aliphatic carbocycles. The molecule has 2 aliphatic rings. The van der Waals surface area contributed by atoms with Gasteiger partial charge in [-0.15, -0.1) is 0 Å². The maximum Gasteiger partial charge on any atom is 0.270 e. The fraction of sp³-hybridized carbons (Fsp3) is 0.467. The molecule has 39 heavy (non-hydrogen) atoms. The van der Waals surface area contributed by atoms with E-state index in [9.17, 15) is 14.9 Å². The fourth-order valence-corrected chi connectivity index (χ4v) is 6.54. The minimum absolute atomic E-state index is 0.0903. The van der Waals surface area contributed by atoms with Gasteiger partial charge in [0.25, 0.3) is 11.5 Å². The lowest BCUT2D eigenvalue weighted by atomic mass is 10.0. The summed E-state index contributed by atoms with van der Waals surface area (Å²) in [4.78, 5) is 33.7. The van der Waals surface area contributed by atoms with Gasteiger partial charge < -0.3 is 9.80 Å². The quantitative estimate of drug-likeness (QED) is 0.213. The molecule has 9 heteroatoms. The Hall–Kier alpha value is -3.09. The van der Waals surface area contributed by atoms with Crippen molar-refractivity contribution in [3.8, 4) is 6.07 Å². The van der Waals surface area contributed by atoms with Gasteiger partial charge in [0.1, 0.15) is 21.8 Å². The summed E-state index contributed by atoms with van der Waals surface area (Å²) in [7, 11) is 0. The first-order chi connectivity index (χ1) is 18.9. The van der Waals surface area contributed by atoms with Crippen LogP contribution in [0.4, 0.5) is 11.5 Å². The Morgan fingerprint density at radius 3 is 2.31 bits per heavy atom. The molecule has 0 radical (unpaired) electrons. The number of nitrogens with zero attached hydrogens (tertiary/aromatic N) is 5. The highest BCUT2D eigenvalue weighted by atomic mass is 32.2. The number of aromatic nitrogens is 1. The third-order valence-corrected chi connectivity index (χ3v) is 8.76. The molecule has 7 nitrogen and oxygen atoms in total. The van der Waals surface area contributed by atoms with Gasteiger partial charge >= 0.3 is 0 Å². The van der Waals surface area contributed by atoms with Gasteiger partial charge in [0, 0.05) is 50.5 Å². The van der Waals surface area contributed by atoms with E-state index in [1.807, 2.05) is 38.1 Å². The molecule has 0 bridgehead atoms. The van der Waals surface area contributed by atoms with Crippen molar-refractivity contribution in [2.45, 2.75) is 59.4 Å². The highest BCUT2D eigenvalue weighted by Gasteiger charge is 2.33. The Kier molecular flexibility index (Phi) is 9.87. The van der Waals surface area contributed by atoms with E-state index in [1.165, 1.54) is 17.4 Å². The van der Waals surface area contributed by atoms with E-state index in [0.717, 1.165) is 69.7 Å². The summed E-state index contributed by atoms with van der Waals surface area (Å²) in [6.45, 7) is 10.2. The molecule has 2 aromatic rings. The van der Waals surface area contributed by atoms with Crippen LogP contribution in [0, 0.1) is 18.3 Å². The Bertz CT molecular complexity index is 1340. The second-order valence-corrected chi connectivity index (χ2v) is 11.7. The van der Waals surface area contributed by atoms with Gasteiger partial charge in [-0.25, -0.2) is 0 Å². The number of anilines is 2. The SMILES string of the molecule is CCCCCCN1C(=O)/C(=C\c2c(C)c(C#N)c(=O)n(CCC)c2N2CCN(c3ccccc3)CC2)SC1=S. The topological polar surface area (TPSA) is 72.6 Å². The smallest absolute Gasteiger partial charge is 0.270 e. The zero-order valence-corrected chi connectivity index (χ0v) is 24.7. The molecule has 2 aliphatic heterocycles. The van der Waals surface area contributed by atoms with Crippen molar-refractivity contribution >= 4 is 51.8 Å². The normalized spacial score (nSPS) is 16.9. The zero-order chi connectivity index (χ0) is 27.9. The molecule has 0 atom stereocenters. The summed E-state index contributed by atoms with van der Waals surface area (Å²) in [5, 5.41) is 9.91. The zero-order valence-electron chi connectivity index (χ0n) is 23.1. The van der Waals surface area contributed by atoms with Crippen molar-refractivity contribution in [2.75, 3.05) is 42.5 Å². The predicted octanol–water partition coefficient (Wildman–Crippen LogP) is 5.55. The van der Waals surface area contributed by atoms with Crippen molar-refractivity contribution in [2.24, 2.45) is 0 Å². The number of hydrogen-bond acceptors (Lipinski definition) is 7. The summed E-state index contributed by atoms with van der Waals surface area (Å²) in [6.07, 6.45) is 6.88. The second kappa shape index (κ2) is 13.3. The lowest BCUT2D eigenvalue weighted by Crippen LogP contribution is -2.48. The molecule has 2 saturated heterocycles. The van der Waals surface area contributed by atoms with Gasteiger partial charge in [0.15, 0.2) is 0 Å². The van der Waals surface area contributed by atoms with Gasteiger partial charge in [-0.1, -0.05) is 75.3 Å². The second-order valence-electron chi connectivity index (χ2n) is 10.0. The summed E-state index contributed by atoms with van der Waals surface area (Å²) in [6, 6.07) is 12.5. The van der Waals surface area contributed by atoms with Crippen LogP contribution in [0.5, 0.6) is 0 Å². The molecule has 1 aromatic heterocycles. The number of amides is 1. The van der Waals surface area contributed by atoms with Crippen LogP contribution in [0.25, 0.3) is 6.08 Å². The third-order valence-electron chi connectivity index (χ3n) is 7.38. The maximum absolute atomic E-state index is 13.5. The molecule has 0 unspecified atom stereocenters. The first kappa shape index (κ1) is 28.9. The van der Waals surface area contributed by atoms with Gasteiger partial charge in [0.05, 0.1) is 4.91 Å². The Balaban J connectivity index is 1.72. The number of piperazine rings is 1. The number of thioether (sulfide) groups is 1. The number of carbonyl (C=O) groups excluding carboxylic acids is 1. The van der Waals surface area contributed by atoms with Crippen molar-refractivity contribution in [3.63, 3.8) is 0 Å². The monoisotopic (exact) mass is 563 g/mol. The molecule has 0 spiro atoms. The van der Waals surface area contributed by atoms with Gasteiger partial charge in [-0.05, 0) is 43.5 Å². The van der Waals surface area contributed by atoms with Crippen molar-refractivity contribution in [1.29, 1.82) is 5.26 Å². The van der Waals surface area contributed by atoms with Crippen molar-refractivity contribution < 1.29 is 4.79 Å². The molecule has 206 valence electrons. The van der Waals surface area contributed by atoms with Crippen LogP contribution in [-0.4, -0.2) is 52.4 Å². The predicted molar refractivity (Wildman–Crippen MR) is 165 cm³/mol. The highest BCUT2D eigenvalue weighted by molar-refractivity contribution is 8.26. The minimum Gasteiger partial charge on any atom is -0.368 e. The first-order valence-electron chi connectivity index (χ1n) is 13.9. The van der Waals surface area contributed by atoms with Crippen LogP contribution in [-0.2, 0) is 11.3 Å². The van der Waals surface area contributed by atoms with Crippen LogP contribution < -0.4 is 15.4 Å². The summed E-state index contributed by atoms with van der Waals surface area (Å²) in [5.74, 6) is 0.701. The number of benzene rings is 1. The number of hydrogen-bond donors (Lipinski definition) is 0. The van der Waals surface area contributed by atoms with Crippen LogP contribution in [0.3, 0.4) is 0 Å². The van der Waals surface area contributed by atoms with E-state index in [-0.39, 0.29) is 17.0 Å². The van der Waals surface area contributed by atoms with E-state index in [0.29, 0.717) is 27.9 Å². The van der Waals surface area contributed by atoms with E-state index in [2.05, 4.69) is 34.9 Å². The average Bonchev–Trinajstić information content (AvgIpc) is 3.22. The molecule has 4 rings (SSSR count).